The molecule has 17 heavy (non-hydrogen) atoms. The lowest BCUT2D eigenvalue weighted by Gasteiger charge is -2.19. The highest BCUT2D eigenvalue weighted by molar-refractivity contribution is 6.35. The molecule has 0 saturated carbocycles. The summed E-state index contributed by atoms with van der Waals surface area (Å²) in [6.07, 6.45) is 0.202. The maximum absolute atomic E-state index is 6.15. The monoisotopic (exact) mass is 275 g/mol. The van der Waals surface area contributed by atoms with E-state index >= 15 is 0 Å². The second-order valence-corrected chi connectivity index (χ2v) is 4.91. The SMILES string of the molecule is CCOC(C)CNC(C)c1ccc(Cl)cc1Cl. The summed E-state index contributed by atoms with van der Waals surface area (Å²) in [5.74, 6) is 0. The first kappa shape index (κ1) is 14.8. The minimum atomic E-state index is 0.183. The van der Waals surface area contributed by atoms with Crippen molar-refractivity contribution in [2.75, 3.05) is 13.2 Å². The molecule has 0 aromatic heterocycles. The van der Waals surface area contributed by atoms with Gasteiger partial charge in [0.15, 0.2) is 0 Å². The van der Waals surface area contributed by atoms with Gasteiger partial charge in [-0.05, 0) is 38.5 Å². The highest BCUT2D eigenvalue weighted by Gasteiger charge is 2.11. The van der Waals surface area contributed by atoms with Crippen LogP contribution < -0.4 is 5.32 Å². The van der Waals surface area contributed by atoms with Gasteiger partial charge in [-0.25, -0.2) is 0 Å². The van der Waals surface area contributed by atoms with Crippen LogP contribution in [0.1, 0.15) is 32.4 Å². The van der Waals surface area contributed by atoms with E-state index in [9.17, 15) is 0 Å². The second kappa shape index (κ2) is 7.22. The summed E-state index contributed by atoms with van der Waals surface area (Å²) in [4.78, 5) is 0. The van der Waals surface area contributed by atoms with Crippen molar-refractivity contribution in [2.24, 2.45) is 0 Å². The number of hydrogen-bond donors (Lipinski definition) is 1. The van der Waals surface area contributed by atoms with E-state index in [1.807, 2.05) is 26.0 Å². The lowest BCUT2D eigenvalue weighted by Crippen LogP contribution is -2.29. The summed E-state index contributed by atoms with van der Waals surface area (Å²) in [6.45, 7) is 7.66. The second-order valence-electron chi connectivity index (χ2n) is 4.06. The van der Waals surface area contributed by atoms with E-state index in [1.165, 1.54) is 0 Å². The third-order valence-corrected chi connectivity index (χ3v) is 3.15. The van der Waals surface area contributed by atoms with Crippen LogP contribution in [0.2, 0.25) is 10.0 Å². The Labute approximate surface area is 113 Å². The van der Waals surface area contributed by atoms with Crippen molar-refractivity contribution in [3.63, 3.8) is 0 Å². The average Bonchev–Trinajstić information content (AvgIpc) is 2.26. The maximum Gasteiger partial charge on any atom is 0.0671 e. The molecule has 2 atom stereocenters. The molecule has 0 aliphatic carbocycles. The van der Waals surface area contributed by atoms with E-state index < -0.39 is 0 Å². The van der Waals surface area contributed by atoms with Gasteiger partial charge in [0.25, 0.3) is 0 Å². The summed E-state index contributed by atoms with van der Waals surface area (Å²) in [5, 5.41) is 4.75. The standard InChI is InChI=1S/C13H19Cl2NO/c1-4-17-9(2)8-16-10(3)12-6-5-11(14)7-13(12)15/h5-7,9-10,16H,4,8H2,1-3H3. The third kappa shape index (κ3) is 4.84. The quantitative estimate of drug-likeness (QED) is 0.845. The zero-order chi connectivity index (χ0) is 12.8. The van der Waals surface area contributed by atoms with Crippen molar-refractivity contribution in [1.29, 1.82) is 0 Å². The van der Waals surface area contributed by atoms with Gasteiger partial charge in [-0.15, -0.1) is 0 Å². The molecule has 0 bridgehead atoms. The van der Waals surface area contributed by atoms with Crippen LogP contribution in [0.5, 0.6) is 0 Å². The molecule has 4 heteroatoms. The molecule has 96 valence electrons. The minimum Gasteiger partial charge on any atom is -0.377 e. The van der Waals surface area contributed by atoms with Gasteiger partial charge in [-0.1, -0.05) is 29.3 Å². The molecule has 0 amide bonds. The summed E-state index contributed by atoms with van der Waals surface area (Å²) in [6, 6.07) is 5.76. The first-order chi connectivity index (χ1) is 8.04. The minimum absolute atomic E-state index is 0.183. The molecule has 2 nitrogen and oxygen atoms in total. The average molecular weight is 276 g/mol. The highest BCUT2D eigenvalue weighted by Crippen LogP contribution is 2.25. The van der Waals surface area contributed by atoms with E-state index in [0.29, 0.717) is 10.0 Å². The van der Waals surface area contributed by atoms with Crippen LogP contribution in [-0.2, 0) is 4.74 Å². The first-order valence-electron chi connectivity index (χ1n) is 5.84. The molecule has 1 rings (SSSR count). The Morgan fingerprint density at radius 1 is 1.29 bits per heavy atom. The van der Waals surface area contributed by atoms with Gasteiger partial charge >= 0.3 is 0 Å². The molecule has 1 aromatic rings. The summed E-state index contributed by atoms with van der Waals surface area (Å²) in [7, 11) is 0. The molecular formula is C13H19Cl2NO. The molecule has 1 N–H and O–H groups in total. The Morgan fingerprint density at radius 2 is 2.00 bits per heavy atom. The van der Waals surface area contributed by atoms with Gasteiger partial charge in [-0.2, -0.15) is 0 Å². The van der Waals surface area contributed by atoms with Crippen molar-refractivity contribution in [3.8, 4) is 0 Å². The van der Waals surface area contributed by atoms with Crippen LogP contribution in [0.25, 0.3) is 0 Å². The zero-order valence-corrected chi connectivity index (χ0v) is 12.0. The Kier molecular flexibility index (Phi) is 6.28. The molecule has 2 unspecified atom stereocenters. The highest BCUT2D eigenvalue weighted by atomic mass is 35.5. The van der Waals surface area contributed by atoms with E-state index in [0.717, 1.165) is 18.7 Å². The molecule has 0 spiro atoms. The van der Waals surface area contributed by atoms with Crippen LogP contribution in [0.15, 0.2) is 18.2 Å². The van der Waals surface area contributed by atoms with Gasteiger partial charge in [0.2, 0.25) is 0 Å². The summed E-state index contributed by atoms with van der Waals surface area (Å²) in [5.41, 5.74) is 1.06. The molecule has 0 radical (unpaired) electrons. The Hall–Kier alpha value is -0.280. The van der Waals surface area contributed by atoms with E-state index in [2.05, 4.69) is 12.2 Å². The van der Waals surface area contributed by atoms with Gasteiger partial charge in [-0.3, -0.25) is 0 Å². The summed E-state index contributed by atoms with van der Waals surface area (Å²) >= 11 is 12.0. The van der Waals surface area contributed by atoms with Crippen molar-refractivity contribution >= 4 is 23.2 Å². The van der Waals surface area contributed by atoms with E-state index in [-0.39, 0.29) is 12.1 Å². The van der Waals surface area contributed by atoms with Crippen LogP contribution in [0.4, 0.5) is 0 Å². The fourth-order valence-electron chi connectivity index (χ4n) is 1.65. The predicted octanol–water partition coefficient (Wildman–Crippen LogP) is 4.07. The van der Waals surface area contributed by atoms with Crippen molar-refractivity contribution in [2.45, 2.75) is 32.9 Å². The lowest BCUT2D eigenvalue weighted by molar-refractivity contribution is 0.0743. The van der Waals surface area contributed by atoms with Crippen molar-refractivity contribution in [3.05, 3.63) is 33.8 Å². The number of rotatable bonds is 6. The van der Waals surface area contributed by atoms with Crippen molar-refractivity contribution < 1.29 is 4.74 Å². The normalized spacial score (nSPS) is 14.6. The topological polar surface area (TPSA) is 21.3 Å². The number of nitrogens with one attached hydrogen (secondary N) is 1. The molecule has 0 fully saturated rings. The third-order valence-electron chi connectivity index (χ3n) is 2.59. The molecule has 0 aliphatic heterocycles. The fraction of sp³-hybridized carbons (Fsp3) is 0.538. The molecule has 1 aromatic carbocycles. The Morgan fingerprint density at radius 3 is 2.59 bits per heavy atom. The molecule has 0 aliphatic rings. The Balaban J connectivity index is 2.54. The zero-order valence-electron chi connectivity index (χ0n) is 10.5. The molecule has 0 saturated heterocycles. The van der Waals surface area contributed by atoms with Crippen LogP contribution in [0.3, 0.4) is 0 Å². The number of benzene rings is 1. The van der Waals surface area contributed by atoms with Gasteiger partial charge < -0.3 is 10.1 Å². The van der Waals surface area contributed by atoms with Gasteiger partial charge in [0.05, 0.1) is 6.10 Å². The van der Waals surface area contributed by atoms with Crippen LogP contribution in [0, 0.1) is 0 Å². The first-order valence-corrected chi connectivity index (χ1v) is 6.60. The van der Waals surface area contributed by atoms with E-state index in [1.54, 1.807) is 6.07 Å². The number of ether oxygens (including phenoxy) is 1. The number of hydrogen-bond acceptors (Lipinski definition) is 2. The van der Waals surface area contributed by atoms with Gasteiger partial charge in [0.1, 0.15) is 0 Å². The van der Waals surface area contributed by atoms with Gasteiger partial charge in [0, 0.05) is 29.2 Å². The van der Waals surface area contributed by atoms with Crippen LogP contribution >= 0.6 is 23.2 Å². The molecular weight excluding hydrogens is 257 g/mol. The maximum atomic E-state index is 6.15. The van der Waals surface area contributed by atoms with E-state index in [4.69, 9.17) is 27.9 Å². The fourth-order valence-corrected chi connectivity index (χ4v) is 2.22. The molecule has 0 heterocycles. The lowest BCUT2D eigenvalue weighted by atomic mass is 10.1. The predicted molar refractivity (Wildman–Crippen MR) is 74.0 cm³/mol. The summed E-state index contributed by atoms with van der Waals surface area (Å²) < 4.78 is 5.46. The smallest absolute Gasteiger partial charge is 0.0671 e. The number of halogens is 2. The van der Waals surface area contributed by atoms with Crippen LogP contribution in [-0.4, -0.2) is 19.3 Å². The van der Waals surface area contributed by atoms with Crippen molar-refractivity contribution in [1.82, 2.24) is 5.32 Å². The largest absolute Gasteiger partial charge is 0.377 e. The Bertz CT molecular complexity index is 357.